The molecule has 33 heavy (non-hydrogen) atoms. The number of carbonyl (C=O) groups is 1. The Balaban J connectivity index is 1.74. The normalized spacial score (nSPS) is 23.0. The quantitative estimate of drug-likeness (QED) is 0.546. The predicted molar refractivity (Wildman–Crippen MR) is 122 cm³/mol. The van der Waals surface area contributed by atoms with Crippen LogP contribution in [-0.2, 0) is 9.53 Å². The molecule has 0 fully saturated rings. The summed E-state index contributed by atoms with van der Waals surface area (Å²) in [5.41, 5.74) is 0.105. The number of nitrogens with zero attached hydrogens (tertiary/aromatic N) is 2. The van der Waals surface area contributed by atoms with Gasteiger partial charge in [0.2, 0.25) is 5.72 Å². The molecule has 2 aromatic carbocycles. The topological polar surface area (TPSA) is 88.4 Å². The van der Waals surface area contributed by atoms with E-state index < -0.39 is 23.7 Å². The lowest BCUT2D eigenvalue weighted by Crippen LogP contribution is -2.58. The molecule has 5 rings (SSSR count). The van der Waals surface area contributed by atoms with Crippen molar-refractivity contribution < 1.29 is 23.7 Å². The average molecular weight is 467 g/mol. The molecule has 1 aromatic heterocycles. The molecule has 9 heteroatoms. The summed E-state index contributed by atoms with van der Waals surface area (Å²) in [5, 5.41) is 0. The molecule has 3 aromatic rings. The van der Waals surface area contributed by atoms with Crippen molar-refractivity contribution in [3.63, 3.8) is 0 Å². The van der Waals surface area contributed by atoms with E-state index in [2.05, 4.69) is 0 Å². The third kappa shape index (κ3) is 3.22. The number of ether oxygens (including phenoxy) is 4. The van der Waals surface area contributed by atoms with Gasteiger partial charge in [-0.25, -0.2) is 4.99 Å². The largest absolute Gasteiger partial charge is 0.493 e. The van der Waals surface area contributed by atoms with Gasteiger partial charge in [0.05, 0.1) is 31.9 Å². The molecule has 2 aliphatic heterocycles. The lowest BCUT2D eigenvalue weighted by atomic mass is 9.81. The van der Waals surface area contributed by atoms with Gasteiger partial charge in [-0.05, 0) is 36.8 Å². The molecule has 0 saturated carbocycles. The average Bonchev–Trinajstić information content (AvgIpc) is 3.11. The smallest absolute Gasteiger partial charge is 0.317 e. The highest BCUT2D eigenvalue weighted by atomic mass is 32.1. The van der Waals surface area contributed by atoms with E-state index in [1.807, 2.05) is 30.3 Å². The van der Waals surface area contributed by atoms with Crippen LogP contribution in [0.1, 0.15) is 24.1 Å². The van der Waals surface area contributed by atoms with E-state index in [9.17, 15) is 9.59 Å². The van der Waals surface area contributed by atoms with Gasteiger partial charge in [-0.2, -0.15) is 0 Å². The van der Waals surface area contributed by atoms with Gasteiger partial charge in [-0.3, -0.25) is 14.2 Å². The monoisotopic (exact) mass is 466 g/mol. The number of rotatable bonds is 4. The number of methoxy groups -OCH3 is 3. The van der Waals surface area contributed by atoms with E-state index >= 15 is 0 Å². The molecular weight excluding hydrogens is 444 g/mol. The van der Waals surface area contributed by atoms with Crippen molar-refractivity contribution in [2.45, 2.75) is 18.7 Å². The van der Waals surface area contributed by atoms with E-state index in [4.69, 9.17) is 23.9 Å². The molecule has 2 bridgehead atoms. The highest BCUT2D eigenvalue weighted by molar-refractivity contribution is 7.07. The molecule has 0 radical (unpaired) electrons. The van der Waals surface area contributed by atoms with Crippen LogP contribution in [-0.4, -0.2) is 37.6 Å². The summed E-state index contributed by atoms with van der Waals surface area (Å²) in [6.45, 7) is 1.75. The van der Waals surface area contributed by atoms with Gasteiger partial charge >= 0.3 is 5.97 Å². The Morgan fingerprint density at radius 3 is 2.64 bits per heavy atom. The molecular formula is C24H22N2O6S. The second-order valence-corrected chi connectivity index (χ2v) is 8.94. The Morgan fingerprint density at radius 1 is 1.15 bits per heavy atom. The van der Waals surface area contributed by atoms with Gasteiger partial charge in [0.25, 0.3) is 5.56 Å². The first-order chi connectivity index (χ1) is 15.9. The molecule has 170 valence electrons. The maximum atomic E-state index is 13.6. The van der Waals surface area contributed by atoms with Crippen LogP contribution in [0.2, 0.25) is 0 Å². The zero-order chi connectivity index (χ0) is 23.3. The van der Waals surface area contributed by atoms with Crippen LogP contribution in [0.25, 0.3) is 6.08 Å². The number of fused-ring (bicyclic) bond motifs is 6. The number of esters is 1. The van der Waals surface area contributed by atoms with Crippen LogP contribution < -0.4 is 29.1 Å². The Kier molecular flexibility index (Phi) is 5.01. The van der Waals surface area contributed by atoms with E-state index in [0.717, 1.165) is 11.1 Å². The molecule has 0 amide bonds. The van der Waals surface area contributed by atoms with Crippen LogP contribution in [0.4, 0.5) is 0 Å². The fourth-order valence-corrected chi connectivity index (χ4v) is 5.62. The van der Waals surface area contributed by atoms with Crippen molar-refractivity contribution in [2.75, 3.05) is 21.3 Å². The van der Waals surface area contributed by atoms with Crippen molar-refractivity contribution in [3.8, 4) is 17.2 Å². The second kappa shape index (κ2) is 7.77. The maximum Gasteiger partial charge on any atom is 0.317 e. The van der Waals surface area contributed by atoms with E-state index in [1.165, 1.54) is 18.4 Å². The highest BCUT2D eigenvalue weighted by Crippen LogP contribution is 2.47. The van der Waals surface area contributed by atoms with Crippen LogP contribution in [0.5, 0.6) is 17.2 Å². The van der Waals surface area contributed by atoms with E-state index in [1.54, 1.807) is 43.9 Å². The third-order valence-corrected chi connectivity index (χ3v) is 7.02. The molecule has 8 nitrogen and oxygen atoms in total. The van der Waals surface area contributed by atoms with Crippen molar-refractivity contribution in [2.24, 2.45) is 10.9 Å². The first-order valence-corrected chi connectivity index (χ1v) is 11.1. The minimum atomic E-state index is -1.19. The van der Waals surface area contributed by atoms with Gasteiger partial charge in [-0.15, -0.1) is 0 Å². The summed E-state index contributed by atoms with van der Waals surface area (Å²) >= 11 is 1.26. The lowest BCUT2D eigenvalue weighted by molar-refractivity contribution is -0.158. The Bertz CT molecular complexity index is 1440. The Morgan fingerprint density at radius 2 is 1.91 bits per heavy atom. The van der Waals surface area contributed by atoms with Crippen LogP contribution in [0.3, 0.4) is 0 Å². The van der Waals surface area contributed by atoms with Crippen molar-refractivity contribution in [1.82, 2.24) is 4.57 Å². The predicted octanol–water partition coefficient (Wildman–Crippen LogP) is 1.88. The minimum absolute atomic E-state index is 0.230. The zero-order valence-electron chi connectivity index (χ0n) is 18.5. The summed E-state index contributed by atoms with van der Waals surface area (Å²) in [7, 11) is 4.46. The summed E-state index contributed by atoms with van der Waals surface area (Å²) in [4.78, 5) is 31.7. The molecule has 2 aliphatic rings. The Labute approximate surface area is 193 Å². The molecule has 3 heterocycles. The summed E-state index contributed by atoms with van der Waals surface area (Å²) < 4.78 is 24.0. The zero-order valence-corrected chi connectivity index (χ0v) is 19.3. The second-order valence-electron chi connectivity index (χ2n) is 7.93. The van der Waals surface area contributed by atoms with Gasteiger partial charge in [-0.1, -0.05) is 35.6 Å². The summed E-state index contributed by atoms with van der Waals surface area (Å²) in [6.07, 6.45) is 1.78. The van der Waals surface area contributed by atoms with Crippen molar-refractivity contribution in [3.05, 3.63) is 73.3 Å². The number of benzene rings is 2. The molecule has 0 spiro atoms. The molecule has 0 saturated heterocycles. The maximum absolute atomic E-state index is 13.6. The fraction of sp³-hybridized carbons (Fsp3) is 0.292. The van der Waals surface area contributed by atoms with Crippen molar-refractivity contribution in [1.29, 1.82) is 0 Å². The van der Waals surface area contributed by atoms with Crippen molar-refractivity contribution >= 4 is 23.4 Å². The number of hydrogen-bond acceptors (Lipinski definition) is 8. The van der Waals surface area contributed by atoms with Crippen LogP contribution in [0, 0.1) is 5.92 Å². The summed E-state index contributed by atoms with van der Waals surface area (Å²) in [6, 6.07) is 12.2. The van der Waals surface area contributed by atoms with E-state index in [-0.39, 0.29) is 5.56 Å². The van der Waals surface area contributed by atoms with Gasteiger partial charge in [0, 0.05) is 5.56 Å². The number of para-hydroxylation sites is 1. The fourth-order valence-electron chi connectivity index (χ4n) is 4.53. The third-order valence-electron chi connectivity index (χ3n) is 6.04. The molecule has 0 N–H and O–H groups in total. The van der Waals surface area contributed by atoms with E-state index in [0.29, 0.717) is 26.6 Å². The standard InChI is InChI=1S/C24H22N2O6S/c1-24-19(22(28)31-4)20(14-7-5-6-8-15(14)32-24)26-21(27)18(33-23(26)25-24)12-13-9-10-16(29-2)17(11-13)30-3/h5-12,19-20H,1-4H3/b18-12+/t19-,20+,24-/m0/s1. The lowest BCUT2D eigenvalue weighted by Gasteiger charge is -2.44. The highest BCUT2D eigenvalue weighted by Gasteiger charge is 2.55. The van der Waals surface area contributed by atoms with Crippen LogP contribution >= 0.6 is 11.3 Å². The number of thiazole rings is 1. The number of carbonyl (C=O) groups excluding carboxylic acids is 1. The van der Waals surface area contributed by atoms with Gasteiger partial charge < -0.3 is 18.9 Å². The molecule has 0 aliphatic carbocycles. The first-order valence-electron chi connectivity index (χ1n) is 10.3. The minimum Gasteiger partial charge on any atom is -0.493 e. The number of hydrogen-bond donors (Lipinski definition) is 0. The SMILES string of the molecule is COC(=O)[C@@H]1[C@H]2c3ccccc3O[C@]1(C)N=c1s/c(=C/c3ccc(OC)c(OC)c3)c(=O)n12. The first kappa shape index (κ1) is 21.3. The molecule has 3 atom stereocenters. The Hall–Kier alpha value is -3.59. The summed E-state index contributed by atoms with van der Waals surface area (Å²) in [5.74, 6) is 0.487. The van der Waals surface area contributed by atoms with Crippen LogP contribution in [0.15, 0.2) is 52.3 Å². The van der Waals surface area contributed by atoms with Gasteiger partial charge in [0.15, 0.2) is 16.3 Å². The van der Waals surface area contributed by atoms with Gasteiger partial charge in [0.1, 0.15) is 11.7 Å². The number of aromatic nitrogens is 1. The molecule has 0 unspecified atom stereocenters.